The number of urea groups is 1. The molecule has 0 spiro atoms. The van der Waals surface area contributed by atoms with E-state index >= 15 is 0 Å². The summed E-state index contributed by atoms with van der Waals surface area (Å²) in [4.78, 5) is 13.6. The minimum absolute atomic E-state index is 0.0859. The Balaban J connectivity index is 1.73. The molecule has 1 fully saturated rings. The predicted molar refractivity (Wildman–Crippen MR) is 76.9 cm³/mol. The van der Waals surface area contributed by atoms with Crippen LogP contribution in [0.3, 0.4) is 0 Å². The van der Waals surface area contributed by atoms with Gasteiger partial charge in [0.15, 0.2) is 0 Å². The second kappa shape index (κ2) is 7.14. The number of methoxy groups -OCH3 is 1. The summed E-state index contributed by atoms with van der Waals surface area (Å²) < 4.78 is 5.10. The highest BCUT2D eigenvalue weighted by Crippen LogP contribution is 2.12. The molecular weight excluding hydrogens is 256 g/mol. The third kappa shape index (κ3) is 4.13. The van der Waals surface area contributed by atoms with Crippen molar-refractivity contribution in [1.82, 2.24) is 10.2 Å². The van der Waals surface area contributed by atoms with Crippen LogP contribution < -0.4 is 10.1 Å². The van der Waals surface area contributed by atoms with E-state index < -0.39 is 0 Å². The second-order valence-corrected chi connectivity index (χ2v) is 5.07. The summed E-state index contributed by atoms with van der Waals surface area (Å²) >= 11 is 0. The Kier molecular flexibility index (Phi) is 5.24. The van der Waals surface area contributed by atoms with Crippen LogP contribution in [0.1, 0.15) is 18.4 Å². The number of nitrogens with one attached hydrogen (secondary N) is 1. The molecular formula is C15H22N2O3. The van der Waals surface area contributed by atoms with Gasteiger partial charge >= 0.3 is 6.03 Å². The van der Waals surface area contributed by atoms with E-state index in [-0.39, 0.29) is 12.1 Å². The molecule has 2 rings (SSSR count). The van der Waals surface area contributed by atoms with Crippen molar-refractivity contribution in [3.63, 3.8) is 0 Å². The molecule has 5 nitrogen and oxygen atoms in total. The molecule has 2 amide bonds. The number of piperidine rings is 1. The number of ether oxygens (including phenoxy) is 1. The molecule has 1 unspecified atom stereocenters. The van der Waals surface area contributed by atoms with E-state index in [1.165, 1.54) is 0 Å². The summed E-state index contributed by atoms with van der Waals surface area (Å²) in [6.45, 7) is 1.76. The molecule has 2 N–H and O–H groups in total. The first kappa shape index (κ1) is 14.7. The molecule has 20 heavy (non-hydrogen) atoms. The van der Waals surface area contributed by atoms with Crippen LogP contribution >= 0.6 is 0 Å². The zero-order valence-corrected chi connectivity index (χ0v) is 11.8. The summed E-state index contributed by atoms with van der Waals surface area (Å²) in [5, 5.41) is 12.4. The Morgan fingerprint density at radius 2 is 2.20 bits per heavy atom. The molecule has 0 radical (unpaired) electrons. The molecule has 0 bridgehead atoms. The first-order valence-electron chi connectivity index (χ1n) is 7.03. The standard InChI is InChI=1S/C15H22N2O3/c1-20-14-6-4-12(5-7-14)8-9-16-15(19)17-10-2-3-13(18)11-17/h4-7,13,18H,2-3,8-11H2,1H3,(H,16,19). The van der Waals surface area contributed by atoms with Gasteiger partial charge in [0.25, 0.3) is 0 Å². The lowest BCUT2D eigenvalue weighted by Gasteiger charge is -2.30. The van der Waals surface area contributed by atoms with Crippen LogP contribution in [-0.2, 0) is 6.42 Å². The highest BCUT2D eigenvalue weighted by atomic mass is 16.5. The van der Waals surface area contributed by atoms with Crippen molar-refractivity contribution in [2.45, 2.75) is 25.4 Å². The van der Waals surface area contributed by atoms with Gasteiger partial charge in [0.1, 0.15) is 5.75 Å². The number of aliphatic hydroxyl groups excluding tert-OH is 1. The smallest absolute Gasteiger partial charge is 0.317 e. The highest BCUT2D eigenvalue weighted by molar-refractivity contribution is 5.74. The minimum atomic E-state index is -0.379. The van der Waals surface area contributed by atoms with Crippen molar-refractivity contribution < 1.29 is 14.6 Å². The van der Waals surface area contributed by atoms with E-state index in [2.05, 4.69) is 5.32 Å². The fourth-order valence-corrected chi connectivity index (χ4v) is 2.36. The number of hydrogen-bond donors (Lipinski definition) is 2. The molecule has 5 heteroatoms. The van der Waals surface area contributed by atoms with Crippen molar-refractivity contribution in [2.75, 3.05) is 26.7 Å². The normalized spacial score (nSPS) is 18.7. The maximum absolute atomic E-state index is 11.9. The van der Waals surface area contributed by atoms with Gasteiger partial charge in [-0.3, -0.25) is 0 Å². The number of amides is 2. The van der Waals surface area contributed by atoms with Crippen LogP contribution in [0.5, 0.6) is 5.75 Å². The lowest BCUT2D eigenvalue weighted by Crippen LogP contribution is -2.47. The number of β-amino-alcohol motifs (C(OH)–C–C–N with tert-alkyl or cyclic N) is 1. The fourth-order valence-electron chi connectivity index (χ4n) is 2.36. The predicted octanol–water partition coefficient (Wildman–Crippen LogP) is 1.40. The first-order valence-corrected chi connectivity index (χ1v) is 7.03. The van der Waals surface area contributed by atoms with Crippen LogP contribution in [0.25, 0.3) is 0 Å². The van der Waals surface area contributed by atoms with E-state index in [1.54, 1.807) is 12.0 Å². The second-order valence-electron chi connectivity index (χ2n) is 5.07. The van der Waals surface area contributed by atoms with Crippen LogP contribution in [0, 0.1) is 0 Å². The highest BCUT2D eigenvalue weighted by Gasteiger charge is 2.21. The lowest BCUT2D eigenvalue weighted by atomic mass is 10.1. The molecule has 1 aromatic carbocycles. The van der Waals surface area contributed by atoms with Crippen molar-refractivity contribution in [2.24, 2.45) is 0 Å². The minimum Gasteiger partial charge on any atom is -0.497 e. The molecule has 0 saturated carbocycles. The van der Waals surface area contributed by atoms with Crippen molar-refractivity contribution in [1.29, 1.82) is 0 Å². The molecule has 1 aromatic rings. The van der Waals surface area contributed by atoms with Crippen molar-refractivity contribution in [3.05, 3.63) is 29.8 Å². The van der Waals surface area contributed by atoms with Crippen molar-refractivity contribution in [3.8, 4) is 5.75 Å². The van der Waals surface area contributed by atoms with Gasteiger partial charge in [-0.05, 0) is 37.0 Å². The quantitative estimate of drug-likeness (QED) is 0.875. The molecule has 1 aliphatic rings. The van der Waals surface area contributed by atoms with Gasteiger partial charge in [0, 0.05) is 19.6 Å². The maximum Gasteiger partial charge on any atom is 0.317 e. The monoisotopic (exact) mass is 278 g/mol. The van der Waals surface area contributed by atoms with E-state index in [9.17, 15) is 9.90 Å². The maximum atomic E-state index is 11.9. The molecule has 1 atom stereocenters. The van der Waals surface area contributed by atoms with Crippen LogP contribution in [0.2, 0.25) is 0 Å². The van der Waals surface area contributed by atoms with E-state index in [0.717, 1.165) is 37.1 Å². The van der Waals surface area contributed by atoms with E-state index in [0.29, 0.717) is 13.1 Å². The van der Waals surface area contributed by atoms with Crippen molar-refractivity contribution >= 4 is 6.03 Å². The van der Waals surface area contributed by atoms with Gasteiger partial charge in [-0.1, -0.05) is 12.1 Å². The summed E-state index contributed by atoms with van der Waals surface area (Å²) in [5.41, 5.74) is 1.16. The molecule has 1 heterocycles. The van der Waals surface area contributed by atoms with Gasteiger partial charge < -0.3 is 20.1 Å². The number of likely N-dealkylation sites (tertiary alicyclic amines) is 1. The SMILES string of the molecule is COc1ccc(CCNC(=O)N2CCCC(O)C2)cc1. The Morgan fingerprint density at radius 3 is 2.85 bits per heavy atom. The molecule has 0 aliphatic carbocycles. The molecule has 1 saturated heterocycles. The third-order valence-electron chi connectivity index (χ3n) is 3.53. The largest absolute Gasteiger partial charge is 0.497 e. The van der Waals surface area contributed by atoms with Gasteiger partial charge in [0.05, 0.1) is 13.2 Å². The van der Waals surface area contributed by atoms with Gasteiger partial charge in [-0.2, -0.15) is 0 Å². The number of benzene rings is 1. The summed E-state index contributed by atoms with van der Waals surface area (Å²) in [6.07, 6.45) is 2.06. The van der Waals surface area contributed by atoms with E-state index in [1.807, 2.05) is 24.3 Å². The van der Waals surface area contributed by atoms with Crippen LogP contribution in [-0.4, -0.2) is 48.9 Å². The summed E-state index contributed by atoms with van der Waals surface area (Å²) in [7, 11) is 1.64. The van der Waals surface area contributed by atoms with Gasteiger partial charge in [0.2, 0.25) is 0 Å². The Bertz CT molecular complexity index is 433. The average molecular weight is 278 g/mol. The number of nitrogens with zero attached hydrogens (tertiary/aromatic N) is 1. The zero-order chi connectivity index (χ0) is 14.4. The fraction of sp³-hybridized carbons (Fsp3) is 0.533. The van der Waals surface area contributed by atoms with Crippen LogP contribution in [0.15, 0.2) is 24.3 Å². The summed E-state index contributed by atoms with van der Waals surface area (Å²) in [6, 6.07) is 7.74. The Labute approximate surface area is 119 Å². The number of hydrogen-bond acceptors (Lipinski definition) is 3. The van der Waals surface area contributed by atoms with E-state index in [4.69, 9.17) is 4.74 Å². The number of carbonyl (C=O) groups is 1. The zero-order valence-electron chi connectivity index (χ0n) is 11.8. The number of aliphatic hydroxyl groups is 1. The number of carbonyl (C=O) groups excluding carboxylic acids is 1. The lowest BCUT2D eigenvalue weighted by molar-refractivity contribution is 0.0843. The molecule has 110 valence electrons. The molecule has 0 aromatic heterocycles. The average Bonchev–Trinajstić information content (AvgIpc) is 2.48. The topological polar surface area (TPSA) is 61.8 Å². The van der Waals surface area contributed by atoms with Crippen LogP contribution in [0.4, 0.5) is 4.79 Å². The Morgan fingerprint density at radius 1 is 1.45 bits per heavy atom. The molecule has 1 aliphatic heterocycles. The Hall–Kier alpha value is -1.75. The first-order chi connectivity index (χ1) is 9.69. The van der Waals surface area contributed by atoms with Gasteiger partial charge in [-0.15, -0.1) is 0 Å². The summed E-state index contributed by atoms with van der Waals surface area (Å²) in [5.74, 6) is 0.833. The third-order valence-corrected chi connectivity index (χ3v) is 3.53. The van der Waals surface area contributed by atoms with Gasteiger partial charge in [-0.25, -0.2) is 4.79 Å². The number of rotatable bonds is 4.